The van der Waals surface area contributed by atoms with E-state index < -0.39 is 11.8 Å². The first-order valence-electron chi connectivity index (χ1n) is 6.91. The van der Waals surface area contributed by atoms with Gasteiger partial charge in [-0.1, -0.05) is 0 Å². The number of allylic oxidation sites excluding steroid dienone is 1. The molecule has 0 amide bonds. The number of hydrogen-bond donors (Lipinski definition) is 1. The van der Waals surface area contributed by atoms with Gasteiger partial charge in [-0.25, -0.2) is 0 Å². The number of rotatable bonds is 6. The van der Waals surface area contributed by atoms with Crippen molar-refractivity contribution in [2.45, 2.75) is 6.92 Å². The van der Waals surface area contributed by atoms with E-state index in [4.69, 9.17) is 4.74 Å². The minimum absolute atomic E-state index is 0.197. The third kappa shape index (κ3) is 4.15. The summed E-state index contributed by atoms with van der Waals surface area (Å²) in [5.41, 5.74) is 1.35. The zero-order valence-electron chi connectivity index (χ0n) is 12.4. The Bertz CT molecular complexity index is 763. The number of H-pyrrole nitrogens is 1. The first kappa shape index (κ1) is 17.1. The van der Waals surface area contributed by atoms with Gasteiger partial charge in [-0.3, -0.25) is 0 Å². The van der Waals surface area contributed by atoms with E-state index >= 15 is 0 Å². The van der Waals surface area contributed by atoms with Crippen molar-refractivity contribution < 1.29 is 35.7 Å². The van der Waals surface area contributed by atoms with Gasteiger partial charge in [-0.15, -0.1) is 0 Å². The molecule has 0 saturated carbocycles. The van der Waals surface area contributed by atoms with Gasteiger partial charge < -0.3 is 0 Å². The van der Waals surface area contributed by atoms with Crippen LogP contribution in [0.1, 0.15) is 39.0 Å². The molecule has 0 spiro atoms. The SMILES string of the molecule is CCOC(=O)c1cc(C(=O)c2ccc(F)cc2)c(/C=C\[CH]=[V])[nH]1. The van der Waals surface area contributed by atoms with Crippen LogP contribution in [-0.2, 0) is 21.7 Å². The van der Waals surface area contributed by atoms with Crippen LogP contribution >= 0.6 is 0 Å². The Morgan fingerprint density at radius 1 is 1.30 bits per heavy atom. The van der Waals surface area contributed by atoms with Crippen molar-refractivity contribution in [1.82, 2.24) is 4.98 Å². The van der Waals surface area contributed by atoms with Crippen LogP contribution in [0.5, 0.6) is 0 Å². The fourth-order valence-corrected chi connectivity index (χ4v) is 2.14. The number of carbonyl (C=O) groups is 2. The molecule has 0 aliphatic heterocycles. The summed E-state index contributed by atoms with van der Waals surface area (Å²) < 4.78 is 19.7. The molecule has 0 fully saturated rings. The fraction of sp³-hybridized carbons (Fsp3) is 0.118. The zero-order valence-corrected chi connectivity index (χ0v) is 13.8. The predicted octanol–water partition coefficient (Wildman–Crippen LogP) is 2.92. The Morgan fingerprint density at radius 3 is 2.61 bits per heavy atom. The Balaban J connectivity index is 2.44. The van der Waals surface area contributed by atoms with Gasteiger partial charge in [0.15, 0.2) is 0 Å². The molecule has 0 atom stereocenters. The molecule has 4 nitrogen and oxygen atoms in total. The van der Waals surface area contributed by atoms with Crippen molar-refractivity contribution in [2.24, 2.45) is 0 Å². The summed E-state index contributed by atoms with van der Waals surface area (Å²) in [7, 11) is 0. The first-order valence-corrected chi connectivity index (χ1v) is 7.72. The maximum absolute atomic E-state index is 13.0. The summed E-state index contributed by atoms with van der Waals surface area (Å²) in [6.07, 6.45) is 3.40. The molecule has 1 aromatic heterocycles. The summed E-state index contributed by atoms with van der Waals surface area (Å²) in [6.45, 7) is 1.95. The molecular formula is C17H14FNO3V. The van der Waals surface area contributed by atoms with Gasteiger partial charge in [-0.2, -0.15) is 0 Å². The average Bonchev–Trinajstić information content (AvgIpc) is 2.97. The molecular weight excluding hydrogens is 336 g/mol. The molecule has 2 rings (SSSR count). The van der Waals surface area contributed by atoms with E-state index in [0.29, 0.717) is 16.8 Å². The van der Waals surface area contributed by atoms with Crippen LogP contribution in [0.2, 0.25) is 0 Å². The van der Waals surface area contributed by atoms with Crippen LogP contribution < -0.4 is 0 Å². The van der Waals surface area contributed by atoms with E-state index in [0.717, 1.165) is 0 Å². The van der Waals surface area contributed by atoms with Gasteiger partial charge in [0.05, 0.1) is 0 Å². The average molecular weight is 350 g/mol. The molecule has 0 unspecified atom stereocenters. The number of aromatic amines is 1. The molecule has 117 valence electrons. The molecule has 2 aromatic rings. The third-order valence-electron chi connectivity index (χ3n) is 3.04. The summed E-state index contributed by atoms with van der Waals surface area (Å²) >= 11 is 2.27. The zero-order chi connectivity index (χ0) is 16.8. The predicted molar refractivity (Wildman–Crippen MR) is 81.7 cm³/mol. The third-order valence-corrected chi connectivity index (χ3v) is 3.31. The quantitative estimate of drug-likeness (QED) is 0.644. The van der Waals surface area contributed by atoms with Crippen LogP contribution in [-0.4, -0.2) is 28.1 Å². The molecule has 0 saturated heterocycles. The maximum atomic E-state index is 13.0. The molecule has 0 bridgehead atoms. The van der Waals surface area contributed by atoms with E-state index in [1.54, 1.807) is 23.8 Å². The van der Waals surface area contributed by atoms with Crippen molar-refractivity contribution >= 4 is 22.6 Å². The molecule has 23 heavy (non-hydrogen) atoms. The van der Waals surface area contributed by atoms with Crippen molar-refractivity contribution in [2.75, 3.05) is 6.61 Å². The number of carbonyl (C=O) groups excluding carboxylic acids is 2. The molecule has 1 heterocycles. The van der Waals surface area contributed by atoms with Crippen LogP contribution in [0.25, 0.3) is 6.08 Å². The second-order valence-electron chi connectivity index (χ2n) is 4.58. The summed E-state index contributed by atoms with van der Waals surface area (Å²) in [5, 5.41) is 0. The number of esters is 1. The van der Waals surface area contributed by atoms with Gasteiger partial charge in [0.2, 0.25) is 0 Å². The molecule has 0 aliphatic rings. The van der Waals surface area contributed by atoms with Crippen LogP contribution in [0.4, 0.5) is 4.39 Å². The summed E-state index contributed by atoms with van der Waals surface area (Å²) in [4.78, 5) is 27.3. The van der Waals surface area contributed by atoms with Gasteiger partial charge in [-0.05, 0) is 0 Å². The standard InChI is InChI=1S/C17H14FNO3.V/c1-3-5-14-13(10-15(19-14)17(21)22-4-2)16(20)11-6-8-12(18)9-7-11;/h1,3,5-10,19H,4H2,2H3;/b5-3-;. The van der Waals surface area contributed by atoms with E-state index in [2.05, 4.69) is 22.0 Å². The van der Waals surface area contributed by atoms with Crippen molar-refractivity contribution in [3.8, 4) is 0 Å². The number of benzene rings is 1. The monoisotopic (exact) mass is 350 g/mol. The molecule has 1 N–H and O–H groups in total. The number of aromatic nitrogens is 1. The van der Waals surface area contributed by atoms with Crippen LogP contribution in [0.15, 0.2) is 36.4 Å². The number of ketones is 1. The van der Waals surface area contributed by atoms with E-state index in [-0.39, 0.29) is 18.1 Å². The molecule has 0 aliphatic carbocycles. The topological polar surface area (TPSA) is 59.2 Å². The number of hydrogen-bond acceptors (Lipinski definition) is 3. The molecule has 0 radical (unpaired) electrons. The minimum atomic E-state index is -0.531. The normalized spacial score (nSPS) is 10.7. The second kappa shape index (κ2) is 7.86. The Kier molecular flexibility index (Phi) is 5.85. The van der Waals surface area contributed by atoms with Crippen LogP contribution in [0, 0.1) is 5.82 Å². The van der Waals surface area contributed by atoms with Crippen molar-refractivity contribution in [3.05, 3.63) is 64.7 Å². The summed E-state index contributed by atoms with van der Waals surface area (Å²) in [6, 6.07) is 6.71. The Morgan fingerprint density at radius 2 is 2.00 bits per heavy atom. The van der Waals surface area contributed by atoms with E-state index in [1.165, 1.54) is 30.3 Å². The van der Waals surface area contributed by atoms with Crippen molar-refractivity contribution in [1.29, 1.82) is 0 Å². The number of nitrogens with one attached hydrogen (secondary N) is 1. The van der Waals surface area contributed by atoms with E-state index in [9.17, 15) is 14.0 Å². The summed E-state index contributed by atoms with van der Waals surface area (Å²) in [5.74, 6) is -1.25. The Hall–Kier alpha value is -2.24. The van der Waals surface area contributed by atoms with Gasteiger partial charge >= 0.3 is 142 Å². The van der Waals surface area contributed by atoms with Gasteiger partial charge in [0, 0.05) is 0 Å². The fourth-order valence-electron chi connectivity index (χ4n) is 2.00. The van der Waals surface area contributed by atoms with Crippen LogP contribution in [0.3, 0.4) is 0 Å². The van der Waals surface area contributed by atoms with E-state index in [1.807, 2.05) is 0 Å². The number of halogens is 1. The van der Waals surface area contributed by atoms with Gasteiger partial charge in [0.1, 0.15) is 0 Å². The number of ether oxygens (including phenoxy) is 1. The molecule has 6 heteroatoms. The Labute approximate surface area is 141 Å². The van der Waals surface area contributed by atoms with Gasteiger partial charge in [0.25, 0.3) is 0 Å². The molecule has 1 aromatic carbocycles. The first-order chi connectivity index (χ1) is 11.1. The van der Waals surface area contributed by atoms with Crippen molar-refractivity contribution in [3.63, 3.8) is 0 Å². The second-order valence-corrected chi connectivity index (χ2v) is 5.04.